The van der Waals surface area contributed by atoms with Crippen LogP contribution in [0.4, 0.5) is 0 Å². The van der Waals surface area contributed by atoms with Gasteiger partial charge in [-0.15, -0.1) is 11.6 Å². The van der Waals surface area contributed by atoms with E-state index in [0.29, 0.717) is 5.88 Å². The van der Waals surface area contributed by atoms with Crippen LogP contribution in [0.25, 0.3) is 0 Å². The van der Waals surface area contributed by atoms with Gasteiger partial charge in [-0.05, 0) is 19.9 Å². The van der Waals surface area contributed by atoms with Gasteiger partial charge in [0.2, 0.25) is 0 Å². The predicted molar refractivity (Wildman–Crippen MR) is 69.2 cm³/mol. The van der Waals surface area contributed by atoms with Gasteiger partial charge in [0, 0.05) is 31.6 Å². The summed E-state index contributed by atoms with van der Waals surface area (Å²) < 4.78 is 1.72. The second-order valence-electron chi connectivity index (χ2n) is 3.94. The highest BCUT2D eigenvalue weighted by Crippen LogP contribution is 2.20. The number of nitrogens with zero attached hydrogens (tertiary/aromatic N) is 3. The van der Waals surface area contributed by atoms with Gasteiger partial charge in [0.1, 0.15) is 5.15 Å². The van der Waals surface area contributed by atoms with Gasteiger partial charge in [-0.2, -0.15) is 5.10 Å². The molecule has 0 fully saturated rings. The Balaban J connectivity index is 2.76. The maximum atomic E-state index is 6.20. The quantitative estimate of drug-likeness (QED) is 0.737. The lowest BCUT2D eigenvalue weighted by Gasteiger charge is -2.20. The molecule has 0 atom stereocenters. The molecule has 3 nitrogen and oxygen atoms in total. The zero-order valence-corrected chi connectivity index (χ0v) is 11.6. The van der Waals surface area contributed by atoms with Gasteiger partial charge in [-0.1, -0.05) is 18.5 Å². The van der Waals surface area contributed by atoms with E-state index in [1.54, 1.807) is 4.68 Å². The SMILES string of the molecule is CCCN(CCCl)Cc1c(C)nn(C)c1Cl. The topological polar surface area (TPSA) is 21.1 Å². The van der Waals surface area contributed by atoms with Crippen LogP contribution >= 0.6 is 23.2 Å². The van der Waals surface area contributed by atoms with E-state index in [9.17, 15) is 0 Å². The van der Waals surface area contributed by atoms with E-state index in [4.69, 9.17) is 23.2 Å². The second-order valence-corrected chi connectivity index (χ2v) is 4.68. The highest BCUT2D eigenvalue weighted by atomic mass is 35.5. The summed E-state index contributed by atoms with van der Waals surface area (Å²) in [5.74, 6) is 0.650. The van der Waals surface area contributed by atoms with Crippen molar-refractivity contribution in [2.75, 3.05) is 19.0 Å². The summed E-state index contributed by atoms with van der Waals surface area (Å²) in [7, 11) is 1.87. The fourth-order valence-electron chi connectivity index (χ4n) is 1.78. The van der Waals surface area contributed by atoms with E-state index in [1.165, 1.54) is 0 Å². The summed E-state index contributed by atoms with van der Waals surface area (Å²) in [6.45, 7) is 6.92. The first kappa shape index (κ1) is 13.8. The average molecular weight is 264 g/mol. The van der Waals surface area contributed by atoms with Crippen LogP contribution < -0.4 is 0 Å². The number of alkyl halides is 1. The summed E-state index contributed by atoms with van der Waals surface area (Å²) in [4.78, 5) is 2.31. The molecular formula is C11H19Cl2N3. The Hall–Kier alpha value is -0.250. The van der Waals surface area contributed by atoms with Crippen LogP contribution in [0, 0.1) is 6.92 Å². The Labute approximate surface area is 107 Å². The third kappa shape index (κ3) is 3.37. The molecule has 0 aliphatic rings. The van der Waals surface area contributed by atoms with E-state index in [-0.39, 0.29) is 0 Å². The number of hydrogen-bond acceptors (Lipinski definition) is 2. The monoisotopic (exact) mass is 263 g/mol. The average Bonchev–Trinajstić information content (AvgIpc) is 2.46. The maximum absolute atomic E-state index is 6.20. The summed E-state index contributed by atoms with van der Waals surface area (Å²) in [6, 6.07) is 0. The fourth-order valence-corrected chi connectivity index (χ4v) is 2.26. The molecular weight excluding hydrogens is 245 g/mol. The minimum absolute atomic E-state index is 0.650. The summed E-state index contributed by atoms with van der Waals surface area (Å²) >= 11 is 12.0. The molecule has 0 unspecified atom stereocenters. The number of halogens is 2. The summed E-state index contributed by atoms with van der Waals surface area (Å²) in [5, 5.41) is 5.04. The van der Waals surface area contributed by atoms with Crippen LogP contribution in [0.15, 0.2) is 0 Å². The van der Waals surface area contributed by atoms with E-state index in [1.807, 2.05) is 14.0 Å². The highest BCUT2D eigenvalue weighted by molar-refractivity contribution is 6.30. The standard InChI is InChI=1S/C11H19Cl2N3/c1-4-6-16(7-5-12)8-10-9(2)14-15(3)11(10)13/h4-8H2,1-3H3. The van der Waals surface area contributed by atoms with Crippen molar-refractivity contribution >= 4 is 23.2 Å². The van der Waals surface area contributed by atoms with Gasteiger partial charge in [-0.3, -0.25) is 9.58 Å². The molecule has 0 saturated heterocycles. The summed E-state index contributed by atoms with van der Waals surface area (Å²) in [6.07, 6.45) is 1.12. The van der Waals surface area contributed by atoms with Crippen LogP contribution in [0.3, 0.4) is 0 Å². The third-order valence-corrected chi connectivity index (χ3v) is 3.23. The largest absolute Gasteiger partial charge is 0.298 e. The van der Waals surface area contributed by atoms with Crippen molar-refractivity contribution in [3.05, 3.63) is 16.4 Å². The molecule has 16 heavy (non-hydrogen) atoms. The summed E-state index contributed by atoms with van der Waals surface area (Å²) in [5.41, 5.74) is 2.12. The second kappa shape index (κ2) is 6.48. The van der Waals surface area contributed by atoms with E-state index >= 15 is 0 Å². The molecule has 0 radical (unpaired) electrons. The zero-order valence-electron chi connectivity index (χ0n) is 10.1. The van der Waals surface area contributed by atoms with Crippen molar-refractivity contribution in [3.8, 4) is 0 Å². The van der Waals surface area contributed by atoms with Crippen LogP contribution in [0.1, 0.15) is 24.6 Å². The lowest BCUT2D eigenvalue weighted by atomic mass is 10.2. The van der Waals surface area contributed by atoms with Crippen molar-refractivity contribution in [3.63, 3.8) is 0 Å². The molecule has 0 amide bonds. The molecule has 1 heterocycles. The molecule has 1 aromatic heterocycles. The Morgan fingerprint density at radius 1 is 1.38 bits per heavy atom. The van der Waals surface area contributed by atoms with Gasteiger partial charge in [0.05, 0.1) is 5.69 Å². The Morgan fingerprint density at radius 3 is 2.50 bits per heavy atom. The minimum Gasteiger partial charge on any atom is -0.298 e. The number of aryl methyl sites for hydroxylation is 2. The van der Waals surface area contributed by atoms with Crippen LogP contribution in [0.5, 0.6) is 0 Å². The van der Waals surface area contributed by atoms with Crippen molar-refractivity contribution in [2.45, 2.75) is 26.8 Å². The lowest BCUT2D eigenvalue weighted by Crippen LogP contribution is -2.26. The van der Waals surface area contributed by atoms with Gasteiger partial charge in [0.25, 0.3) is 0 Å². The molecule has 0 aliphatic heterocycles. The van der Waals surface area contributed by atoms with Crippen LogP contribution in [-0.4, -0.2) is 33.6 Å². The van der Waals surface area contributed by atoms with Gasteiger partial charge >= 0.3 is 0 Å². The van der Waals surface area contributed by atoms with Crippen molar-refractivity contribution in [1.82, 2.24) is 14.7 Å². The smallest absolute Gasteiger partial charge is 0.131 e. The molecule has 1 rings (SSSR count). The first-order chi connectivity index (χ1) is 7.60. The Kier molecular flexibility index (Phi) is 5.59. The predicted octanol–water partition coefficient (Wildman–Crippen LogP) is 2.83. The molecule has 5 heteroatoms. The van der Waals surface area contributed by atoms with E-state index in [0.717, 1.165) is 42.5 Å². The fraction of sp³-hybridized carbons (Fsp3) is 0.727. The first-order valence-corrected chi connectivity index (χ1v) is 6.47. The van der Waals surface area contributed by atoms with Crippen molar-refractivity contribution in [2.24, 2.45) is 7.05 Å². The normalized spacial score (nSPS) is 11.4. The van der Waals surface area contributed by atoms with Gasteiger partial charge in [-0.25, -0.2) is 0 Å². The molecule has 0 saturated carbocycles. The maximum Gasteiger partial charge on any atom is 0.131 e. The Morgan fingerprint density at radius 2 is 2.06 bits per heavy atom. The molecule has 0 N–H and O–H groups in total. The van der Waals surface area contributed by atoms with Gasteiger partial charge in [0.15, 0.2) is 0 Å². The third-order valence-electron chi connectivity index (χ3n) is 2.59. The number of aromatic nitrogens is 2. The first-order valence-electron chi connectivity index (χ1n) is 5.56. The van der Waals surface area contributed by atoms with E-state index in [2.05, 4.69) is 16.9 Å². The number of rotatable bonds is 6. The van der Waals surface area contributed by atoms with Crippen LogP contribution in [0.2, 0.25) is 5.15 Å². The van der Waals surface area contributed by atoms with E-state index < -0.39 is 0 Å². The molecule has 0 aliphatic carbocycles. The molecule has 0 spiro atoms. The molecule has 92 valence electrons. The minimum atomic E-state index is 0.650. The molecule has 1 aromatic rings. The molecule has 0 bridgehead atoms. The zero-order chi connectivity index (χ0) is 12.1. The number of hydrogen-bond donors (Lipinski definition) is 0. The highest BCUT2D eigenvalue weighted by Gasteiger charge is 2.14. The lowest BCUT2D eigenvalue weighted by molar-refractivity contribution is 0.282. The van der Waals surface area contributed by atoms with Crippen LogP contribution in [-0.2, 0) is 13.6 Å². The van der Waals surface area contributed by atoms with Gasteiger partial charge < -0.3 is 0 Å². The van der Waals surface area contributed by atoms with Crippen molar-refractivity contribution < 1.29 is 0 Å². The van der Waals surface area contributed by atoms with Crippen molar-refractivity contribution in [1.29, 1.82) is 0 Å². The Bertz CT molecular complexity index is 330. The molecule has 0 aromatic carbocycles.